The number of hydrogen-bond acceptors (Lipinski definition) is 3. The molecule has 0 saturated heterocycles. The molecule has 7 heteroatoms. The van der Waals surface area contributed by atoms with Gasteiger partial charge in [0.05, 0.1) is 5.02 Å². The summed E-state index contributed by atoms with van der Waals surface area (Å²) in [4.78, 5) is 11.5. The van der Waals surface area contributed by atoms with Crippen LogP contribution in [0.15, 0.2) is 36.4 Å². The van der Waals surface area contributed by atoms with Crippen LogP contribution in [0.3, 0.4) is 0 Å². The predicted octanol–water partition coefficient (Wildman–Crippen LogP) is 6.07. The highest BCUT2D eigenvalue weighted by molar-refractivity contribution is 6.32. The van der Waals surface area contributed by atoms with Crippen LogP contribution in [0.2, 0.25) is 5.02 Å². The highest BCUT2D eigenvalue weighted by Crippen LogP contribution is 2.48. The van der Waals surface area contributed by atoms with Gasteiger partial charge in [-0.2, -0.15) is 13.2 Å². The molecule has 0 bridgehead atoms. The van der Waals surface area contributed by atoms with Crippen LogP contribution >= 0.6 is 11.6 Å². The Morgan fingerprint density at radius 3 is 2.50 bits per heavy atom. The molecule has 2 aromatic carbocycles. The number of rotatable bonds is 6. The van der Waals surface area contributed by atoms with Crippen LogP contribution in [0.5, 0.6) is 5.75 Å². The second-order valence-electron chi connectivity index (χ2n) is 6.87. The van der Waals surface area contributed by atoms with Gasteiger partial charge in [-0.05, 0) is 36.6 Å². The van der Waals surface area contributed by atoms with Gasteiger partial charge in [0.25, 0.3) is 0 Å². The van der Waals surface area contributed by atoms with E-state index < -0.39 is 12.8 Å². The minimum Gasteiger partial charge on any atom is -0.482 e. The van der Waals surface area contributed by atoms with Crippen molar-refractivity contribution in [1.82, 2.24) is 0 Å². The van der Waals surface area contributed by atoms with Crippen molar-refractivity contribution in [1.29, 1.82) is 0 Å². The number of alkyl halides is 3. The molecule has 1 aliphatic rings. The van der Waals surface area contributed by atoms with Gasteiger partial charge in [0, 0.05) is 17.9 Å². The Morgan fingerprint density at radius 2 is 1.89 bits per heavy atom. The molecular formula is C21H20ClF3O3. The molecule has 3 nitrogen and oxygen atoms in total. The van der Waals surface area contributed by atoms with Crippen molar-refractivity contribution in [2.45, 2.75) is 44.9 Å². The third kappa shape index (κ3) is 4.98. The number of carbonyl (C=O) groups is 1. The standard InChI is InChI=1S/C21H20ClF3O3/c1-3-19(26)28-18-10-15(18)14-8-16(13-6-4-12(2)5-7-13)20(17(22)9-14)27-11-21(23,24)25/h4-9,15,18H,3,10-11H2,1-2H3. The van der Waals surface area contributed by atoms with E-state index in [4.69, 9.17) is 21.1 Å². The molecule has 1 saturated carbocycles. The minimum atomic E-state index is -4.47. The molecule has 3 rings (SSSR count). The molecule has 1 fully saturated rings. The zero-order valence-electron chi connectivity index (χ0n) is 15.5. The smallest absolute Gasteiger partial charge is 0.422 e. The SMILES string of the molecule is CCC(=O)OC1CC1c1cc(Cl)c(OCC(F)(F)F)c(-c2ccc(C)cc2)c1. The van der Waals surface area contributed by atoms with Gasteiger partial charge in [0.1, 0.15) is 11.9 Å². The van der Waals surface area contributed by atoms with Gasteiger partial charge in [0.15, 0.2) is 6.61 Å². The highest BCUT2D eigenvalue weighted by atomic mass is 35.5. The van der Waals surface area contributed by atoms with Crippen molar-refractivity contribution in [3.8, 4) is 16.9 Å². The molecule has 0 heterocycles. The van der Waals surface area contributed by atoms with Gasteiger partial charge in [-0.3, -0.25) is 4.79 Å². The normalized spacial score (nSPS) is 18.6. The van der Waals surface area contributed by atoms with Gasteiger partial charge in [-0.15, -0.1) is 0 Å². The lowest BCUT2D eigenvalue weighted by Gasteiger charge is -2.17. The van der Waals surface area contributed by atoms with E-state index in [0.29, 0.717) is 24.0 Å². The van der Waals surface area contributed by atoms with Crippen LogP contribution in [-0.2, 0) is 9.53 Å². The van der Waals surface area contributed by atoms with E-state index in [1.807, 2.05) is 31.2 Å². The summed E-state index contributed by atoms with van der Waals surface area (Å²) in [7, 11) is 0. The zero-order chi connectivity index (χ0) is 20.5. The van der Waals surface area contributed by atoms with Crippen LogP contribution < -0.4 is 4.74 Å². The number of ether oxygens (including phenoxy) is 2. The molecule has 2 unspecified atom stereocenters. The van der Waals surface area contributed by atoms with E-state index >= 15 is 0 Å². The van der Waals surface area contributed by atoms with Crippen LogP contribution in [-0.4, -0.2) is 24.9 Å². The molecule has 0 amide bonds. The van der Waals surface area contributed by atoms with Crippen LogP contribution in [0, 0.1) is 6.92 Å². The Kier molecular flexibility index (Phi) is 5.89. The molecule has 2 atom stereocenters. The average Bonchev–Trinajstić information content (AvgIpc) is 3.39. The Balaban J connectivity index is 1.94. The molecule has 28 heavy (non-hydrogen) atoms. The summed E-state index contributed by atoms with van der Waals surface area (Å²) in [6.45, 7) is 2.22. The second-order valence-corrected chi connectivity index (χ2v) is 7.28. The van der Waals surface area contributed by atoms with E-state index in [0.717, 1.165) is 11.1 Å². The second kappa shape index (κ2) is 8.03. The summed E-state index contributed by atoms with van der Waals surface area (Å²) in [6, 6.07) is 10.7. The molecule has 0 spiro atoms. The molecule has 2 aromatic rings. The predicted molar refractivity (Wildman–Crippen MR) is 101 cm³/mol. The summed E-state index contributed by atoms with van der Waals surface area (Å²) in [6.07, 6.45) is -3.74. The summed E-state index contributed by atoms with van der Waals surface area (Å²) < 4.78 is 48.4. The number of carbonyl (C=O) groups excluding carboxylic acids is 1. The van der Waals surface area contributed by atoms with E-state index in [-0.39, 0.29) is 28.8 Å². The summed E-state index contributed by atoms with van der Waals surface area (Å²) in [5, 5.41) is 0.102. The molecule has 0 aromatic heterocycles. The Hall–Kier alpha value is -2.21. The van der Waals surface area contributed by atoms with Gasteiger partial charge in [-0.25, -0.2) is 0 Å². The first-order chi connectivity index (χ1) is 13.2. The van der Waals surface area contributed by atoms with E-state index in [2.05, 4.69) is 0 Å². The van der Waals surface area contributed by atoms with Crippen LogP contribution in [0.1, 0.15) is 36.8 Å². The first kappa shape index (κ1) is 20.5. The van der Waals surface area contributed by atoms with Gasteiger partial charge in [-0.1, -0.05) is 48.4 Å². The molecule has 0 N–H and O–H groups in total. The monoisotopic (exact) mass is 412 g/mol. The molecule has 0 aliphatic heterocycles. The largest absolute Gasteiger partial charge is 0.482 e. The summed E-state index contributed by atoms with van der Waals surface area (Å²) in [5.41, 5.74) is 3.03. The fraction of sp³-hybridized carbons (Fsp3) is 0.381. The molecule has 1 aliphatic carbocycles. The van der Waals surface area contributed by atoms with Gasteiger partial charge in [0.2, 0.25) is 0 Å². The van der Waals surface area contributed by atoms with Gasteiger partial charge >= 0.3 is 12.1 Å². The van der Waals surface area contributed by atoms with Crippen molar-refractivity contribution in [3.63, 3.8) is 0 Å². The zero-order valence-corrected chi connectivity index (χ0v) is 16.2. The van der Waals surface area contributed by atoms with Crippen LogP contribution in [0.4, 0.5) is 13.2 Å². The van der Waals surface area contributed by atoms with E-state index in [1.54, 1.807) is 19.1 Å². The molecular weight excluding hydrogens is 393 g/mol. The topological polar surface area (TPSA) is 35.5 Å². The van der Waals surface area contributed by atoms with Crippen LogP contribution in [0.25, 0.3) is 11.1 Å². The third-order valence-electron chi connectivity index (χ3n) is 4.54. The maximum atomic E-state index is 12.7. The quantitative estimate of drug-likeness (QED) is 0.540. The minimum absolute atomic E-state index is 0.00523. The van der Waals surface area contributed by atoms with Crippen molar-refractivity contribution >= 4 is 17.6 Å². The van der Waals surface area contributed by atoms with E-state index in [9.17, 15) is 18.0 Å². The maximum Gasteiger partial charge on any atom is 0.422 e. The van der Waals surface area contributed by atoms with Crippen molar-refractivity contribution < 1.29 is 27.4 Å². The number of aryl methyl sites for hydroxylation is 1. The lowest BCUT2D eigenvalue weighted by atomic mass is 9.99. The number of hydrogen-bond donors (Lipinski definition) is 0. The molecule has 150 valence electrons. The first-order valence-corrected chi connectivity index (χ1v) is 9.35. The maximum absolute atomic E-state index is 12.7. The van der Waals surface area contributed by atoms with Crippen molar-refractivity contribution in [2.75, 3.05) is 6.61 Å². The Bertz CT molecular complexity index is 862. The van der Waals surface area contributed by atoms with Crippen molar-refractivity contribution in [3.05, 3.63) is 52.5 Å². The fourth-order valence-electron chi connectivity index (χ4n) is 2.98. The lowest BCUT2D eigenvalue weighted by molar-refractivity contribution is -0.153. The first-order valence-electron chi connectivity index (χ1n) is 8.97. The lowest BCUT2D eigenvalue weighted by Crippen LogP contribution is -2.19. The highest BCUT2D eigenvalue weighted by Gasteiger charge is 2.42. The fourth-order valence-corrected chi connectivity index (χ4v) is 3.26. The van der Waals surface area contributed by atoms with E-state index in [1.165, 1.54) is 0 Å². The Morgan fingerprint density at radius 1 is 1.21 bits per heavy atom. The number of halogens is 4. The third-order valence-corrected chi connectivity index (χ3v) is 4.82. The number of benzene rings is 2. The summed E-state index contributed by atoms with van der Waals surface area (Å²) in [5.74, 6) is -0.300. The number of esters is 1. The molecule has 0 radical (unpaired) electrons. The summed E-state index contributed by atoms with van der Waals surface area (Å²) >= 11 is 6.30. The Labute approximate surface area is 166 Å². The average molecular weight is 413 g/mol. The van der Waals surface area contributed by atoms with Gasteiger partial charge < -0.3 is 9.47 Å². The van der Waals surface area contributed by atoms with Crippen molar-refractivity contribution in [2.24, 2.45) is 0 Å².